The summed E-state index contributed by atoms with van der Waals surface area (Å²) in [5, 5.41) is 6.98. The summed E-state index contributed by atoms with van der Waals surface area (Å²) in [7, 11) is -3.53. The first-order chi connectivity index (χ1) is 4.91. The molecule has 0 aromatic rings. The molecule has 0 saturated carbocycles. The van der Waals surface area contributed by atoms with Gasteiger partial charge in [0.2, 0.25) is 0 Å². The first-order valence-corrected chi connectivity index (χ1v) is 4.68. The summed E-state index contributed by atoms with van der Waals surface area (Å²) in [6.07, 6.45) is 1.18. The van der Waals surface area contributed by atoms with E-state index >= 15 is 0 Å². The smallest absolute Gasteiger partial charge is 0.321 e. The third-order valence-corrected chi connectivity index (χ3v) is 3.22. The van der Waals surface area contributed by atoms with E-state index in [2.05, 4.69) is 6.58 Å². The zero-order valence-corrected chi connectivity index (χ0v) is 6.97. The summed E-state index contributed by atoms with van der Waals surface area (Å²) < 4.78 is 21.8. The second-order valence-corrected chi connectivity index (χ2v) is 4.46. The molecule has 0 aromatic carbocycles. The van der Waals surface area contributed by atoms with Gasteiger partial charge in [0.05, 0.1) is 5.75 Å². The largest absolute Gasteiger partial charge is 0.480 e. The summed E-state index contributed by atoms with van der Waals surface area (Å²) >= 11 is 0. The van der Waals surface area contributed by atoms with Gasteiger partial charge in [-0.2, -0.15) is 0 Å². The van der Waals surface area contributed by atoms with Crippen LogP contribution in [0.3, 0.4) is 0 Å². The van der Waals surface area contributed by atoms with E-state index in [4.69, 9.17) is 5.11 Å². The molecule has 0 heterocycles. The molecule has 0 aliphatic carbocycles. The highest BCUT2D eigenvalue weighted by Gasteiger charge is 2.25. The Hall–Kier alpha value is -0.840. The van der Waals surface area contributed by atoms with Crippen molar-refractivity contribution in [3.63, 3.8) is 0 Å². The van der Waals surface area contributed by atoms with Gasteiger partial charge in [0.25, 0.3) is 0 Å². The number of carboxylic acid groups (broad SMARTS) is 1. The predicted octanol–water partition coefficient (Wildman–Crippen LogP) is 0.0603. The molecule has 0 bridgehead atoms. The number of sulfone groups is 1. The highest BCUT2D eigenvalue weighted by atomic mass is 32.2. The number of aliphatic carboxylic acids is 1. The molecule has 1 atom stereocenters. The van der Waals surface area contributed by atoms with E-state index in [1.165, 1.54) is 6.08 Å². The van der Waals surface area contributed by atoms with E-state index in [9.17, 15) is 13.2 Å². The molecule has 11 heavy (non-hydrogen) atoms. The third-order valence-electron chi connectivity index (χ3n) is 1.24. The maximum atomic E-state index is 10.9. The molecule has 0 unspecified atom stereocenters. The van der Waals surface area contributed by atoms with Crippen LogP contribution in [0.4, 0.5) is 0 Å². The van der Waals surface area contributed by atoms with Crippen LogP contribution in [0.1, 0.15) is 6.92 Å². The van der Waals surface area contributed by atoms with Crippen molar-refractivity contribution in [3.05, 3.63) is 12.7 Å². The molecule has 0 aliphatic heterocycles. The van der Waals surface area contributed by atoms with Gasteiger partial charge in [-0.1, -0.05) is 6.08 Å². The van der Waals surface area contributed by atoms with E-state index in [0.717, 1.165) is 6.92 Å². The van der Waals surface area contributed by atoms with Gasteiger partial charge >= 0.3 is 5.97 Å². The number of carbonyl (C=O) groups is 1. The van der Waals surface area contributed by atoms with Gasteiger partial charge in [-0.15, -0.1) is 6.58 Å². The number of rotatable bonds is 4. The van der Waals surface area contributed by atoms with Crippen LogP contribution in [-0.2, 0) is 14.6 Å². The van der Waals surface area contributed by atoms with Crippen LogP contribution in [0, 0.1) is 0 Å². The number of hydrogen-bond acceptors (Lipinski definition) is 3. The topological polar surface area (TPSA) is 71.4 Å². The Morgan fingerprint density at radius 2 is 2.18 bits per heavy atom. The summed E-state index contributed by atoms with van der Waals surface area (Å²) in [5.74, 6) is -1.62. The van der Waals surface area contributed by atoms with E-state index in [1.54, 1.807) is 0 Å². The summed E-state index contributed by atoms with van der Waals surface area (Å²) in [4.78, 5) is 10.2. The molecule has 1 N–H and O–H groups in total. The van der Waals surface area contributed by atoms with Crippen molar-refractivity contribution >= 4 is 15.8 Å². The molecule has 0 saturated heterocycles. The lowest BCUT2D eigenvalue weighted by atomic mass is 10.5. The molecule has 5 heteroatoms. The van der Waals surface area contributed by atoms with E-state index < -0.39 is 21.1 Å². The highest BCUT2D eigenvalue weighted by Crippen LogP contribution is 2.01. The zero-order valence-electron chi connectivity index (χ0n) is 6.15. The standard InChI is InChI=1S/C6H10O4S/c1-3-4-11(9,10)5(2)6(7)8/h3,5H,1,4H2,2H3,(H,7,8)/t5-/m0/s1. The summed E-state index contributed by atoms with van der Waals surface area (Å²) in [6, 6.07) is 0. The quantitative estimate of drug-likeness (QED) is 0.618. The van der Waals surface area contributed by atoms with Crippen LogP contribution in [0.2, 0.25) is 0 Å². The highest BCUT2D eigenvalue weighted by molar-refractivity contribution is 7.92. The molecule has 0 spiro atoms. The van der Waals surface area contributed by atoms with Crippen LogP contribution < -0.4 is 0 Å². The number of hydrogen-bond donors (Lipinski definition) is 1. The van der Waals surface area contributed by atoms with Crippen molar-refractivity contribution < 1.29 is 18.3 Å². The zero-order chi connectivity index (χ0) is 9.07. The van der Waals surface area contributed by atoms with Crippen molar-refractivity contribution in [2.45, 2.75) is 12.2 Å². The fourth-order valence-corrected chi connectivity index (χ4v) is 1.39. The molecule has 0 aliphatic rings. The van der Waals surface area contributed by atoms with E-state index in [1.807, 2.05) is 0 Å². The van der Waals surface area contributed by atoms with Gasteiger partial charge < -0.3 is 5.11 Å². The average Bonchev–Trinajstić information content (AvgIpc) is 1.86. The maximum Gasteiger partial charge on any atom is 0.321 e. The van der Waals surface area contributed by atoms with Crippen molar-refractivity contribution in [1.82, 2.24) is 0 Å². The lowest BCUT2D eigenvalue weighted by molar-refractivity contribution is -0.136. The first-order valence-electron chi connectivity index (χ1n) is 2.97. The maximum absolute atomic E-state index is 10.9. The third kappa shape index (κ3) is 2.71. The molecule has 0 aromatic heterocycles. The van der Waals surface area contributed by atoms with Gasteiger partial charge in [-0.05, 0) is 6.92 Å². The van der Waals surface area contributed by atoms with Crippen LogP contribution >= 0.6 is 0 Å². The second kappa shape index (κ2) is 3.52. The van der Waals surface area contributed by atoms with Crippen LogP contribution in [0.15, 0.2) is 12.7 Å². The monoisotopic (exact) mass is 178 g/mol. The normalized spacial score (nSPS) is 13.9. The number of carboxylic acids is 1. The molecular formula is C6H10O4S. The van der Waals surface area contributed by atoms with E-state index in [-0.39, 0.29) is 5.75 Å². The van der Waals surface area contributed by atoms with Crippen molar-refractivity contribution in [1.29, 1.82) is 0 Å². The Balaban J connectivity index is 4.56. The van der Waals surface area contributed by atoms with Crippen molar-refractivity contribution in [2.24, 2.45) is 0 Å². The van der Waals surface area contributed by atoms with Crippen molar-refractivity contribution in [3.8, 4) is 0 Å². The van der Waals surface area contributed by atoms with Gasteiger partial charge in [0, 0.05) is 0 Å². The minimum atomic E-state index is -3.53. The van der Waals surface area contributed by atoms with Gasteiger partial charge in [0.1, 0.15) is 0 Å². The molecule has 4 nitrogen and oxygen atoms in total. The molecule has 0 amide bonds. The molecular weight excluding hydrogens is 168 g/mol. The lowest BCUT2D eigenvalue weighted by Gasteiger charge is -2.04. The van der Waals surface area contributed by atoms with Crippen LogP contribution in [0.25, 0.3) is 0 Å². The Morgan fingerprint density at radius 3 is 2.45 bits per heavy atom. The van der Waals surface area contributed by atoms with Crippen molar-refractivity contribution in [2.75, 3.05) is 5.75 Å². The van der Waals surface area contributed by atoms with Gasteiger partial charge in [-0.3, -0.25) is 4.79 Å². The van der Waals surface area contributed by atoms with Crippen LogP contribution in [-0.4, -0.2) is 30.5 Å². The van der Waals surface area contributed by atoms with Crippen LogP contribution in [0.5, 0.6) is 0 Å². The Morgan fingerprint density at radius 1 is 1.73 bits per heavy atom. The Bertz CT molecular complexity index is 252. The SMILES string of the molecule is C=CCS(=O)(=O)[C@@H](C)C(=O)O. The fraction of sp³-hybridized carbons (Fsp3) is 0.500. The molecule has 64 valence electrons. The average molecular weight is 178 g/mol. The Kier molecular flexibility index (Phi) is 3.25. The summed E-state index contributed by atoms with van der Waals surface area (Å²) in [6.45, 7) is 4.36. The second-order valence-electron chi connectivity index (χ2n) is 2.10. The minimum Gasteiger partial charge on any atom is -0.480 e. The molecule has 0 radical (unpaired) electrons. The predicted molar refractivity (Wildman–Crippen MR) is 41.1 cm³/mol. The first kappa shape index (κ1) is 10.2. The molecule has 0 rings (SSSR count). The van der Waals surface area contributed by atoms with E-state index in [0.29, 0.717) is 0 Å². The minimum absolute atomic E-state index is 0.291. The summed E-state index contributed by atoms with van der Waals surface area (Å²) in [5.41, 5.74) is 0. The Labute approximate surface area is 65.5 Å². The lowest BCUT2D eigenvalue weighted by Crippen LogP contribution is -2.28. The van der Waals surface area contributed by atoms with Gasteiger partial charge in [-0.25, -0.2) is 8.42 Å². The fourth-order valence-electron chi connectivity index (χ4n) is 0.462. The molecule has 0 fully saturated rings. The van der Waals surface area contributed by atoms with Gasteiger partial charge in [0.15, 0.2) is 15.1 Å².